The van der Waals surface area contributed by atoms with Crippen LogP contribution in [-0.2, 0) is 6.54 Å². The van der Waals surface area contributed by atoms with Crippen molar-refractivity contribution in [1.29, 1.82) is 0 Å². The first kappa shape index (κ1) is 16.6. The van der Waals surface area contributed by atoms with Gasteiger partial charge in [-0.2, -0.15) is 0 Å². The van der Waals surface area contributed by atoms with E-state index in [2.05, 4.69) is 12.2 Å². The highest BCUT2D eigenvalue weighted by Crippen LogP contribution is 2.25. The van der Waals surface area contributed by atoms with Gasteiger partial charge >= 0.3 is 0 Å². The number of hydrogen-bond acceptors (Lipinski definition) is 2. The summed E-state index contributed by atoms with van der Waals surface area (Å²) in [7, 11) is 0. The van der Waals surface area contributed by atoms with Gasteiger partial charge in [-0.25, -0.2) is 0 Å². The third-order valence-corrected chi connectivity index (χ3v) is 4.17. The van der Waals surface area contributed by atoms with Crippen LogP contribution in [0, 0.1) is 0 Å². The lowest BCUT2D eigenvalue weighted by Crippen LogP contribution is -2.16. The maximum Gasteiger partial charge on any atom is 0.123 e. The Morgan fingerprint density at radius 1 is 1.14 bits per heavy atom. The van der Waals surface area contributed by atoms with Gasteiger partial charge in [-0.15, -0.1) is 0 Å². The highest BCUT2D eigenvalue weighted by atomic mass is 35.5. The molecule has 0 aliphatic heterocycles. The Labute approximate surface area is 134 Å². The quantitative estimate of drug-likeness (QED) is 0.558. The Morgan fingerprint density at radius 3 is 2.67 bits per heavy atom. The number of nitrogens with one attached hydrogen (secondary N) is 1. The summed E-state index contributed by atoms with van der Waals surface area (Å²) in [6.07, 6.45) is 10.4. The molecule has 1 aliphatic carbocycles. The Balaban J connectivity index is 1.70. The van der Waals surface area contributed by atoms with Gasteiger partial charge in [-0.3, -0.25) is 0 Å². The molecule has 0 amide bonds. The molecule has 0 radical (unpaired) electrons. The molecule has 0 atom stereocenters. The van der Waals surface area contributed by atoms with E-state index in [0.717, 1.165) is 30.3 Å². The molecule has 1 N–H and O–H groups in total. The van der Waals surface area contributed by atoms with Gasteiger partial charge in [0, 0.05) is 23.2 Å². The average Bonchev–Trinajstić information content (AvgIpc) is 3.30. The summed E-state index contributed by atoms with van der Waals surface area (Å²) in [4.78, 5) is 0. The van der Waals surface area contributed by atoms with Crippen LogP contribution in [0.25, 0.3) is 0 Å². The third kappa shape index (κ3) is 6.71. The van der Waals surface area contributed by atoms with Crippen molar-refractivity contribution in [1.82, 2.24) is 5.32 Å². The van der Waals surface area contributed by atoms with Crippen LogP contribution in [0.4, 0.5) is 0 Å². The molecule has 2 nitrogen and oxygen atoms in total. The summed E-state index contributed by atoms with van der Waals surface area (Å²) in [6.45, 7) is 3.92. The first-order valence-electron chi connectivity index (χ1n) is 8.44. The van der Waals surface area contributed by atoms with Crippen molar-refractivity contribution in [2.24, 2.45) is 0 Å². The molecule has 1 fully saturated rings. The molecular weight excluding hydrogens is 282 g/mol. The van der Waals surface area contributed by atoms with Crippen molar-refractivity contribution in [3.05, 3.63) is 28.8 Å². The molecule has 0 spiro atoms. The van der Waals surface area contributed by atoms with Crippen LogP contribution in [0.1, 0.15) is 63.9 Å². The molecule has 21 heavy (non-hydrogen) atoms. The first-order chi connectivity index (χ1) is 10.3. The Kier molecular flexibility index (Phi) is 7.38. The highest BCUT2D eigenvalue weighted by molar-refractivity contribution is 6.30. The van der Waals surface area contributed by atoms with Crippen LogP contribution in [0.3, 0.4) is 0 Å². The van der Waals surface area contributed by atoms with Crippen LogP contribution in [0.5, 0.6) is 5.75 Å². The van der Waals surface area contributed by atoms with Crippen LogP contribution in [0.15, 0.2) is 18.2 Å². The monoisotopic (exact) mass is 309 g/mol. The summed E-state index contributed by atoms with van der Waals surface area (Å²) in [6, 6.07) is 6.64. The van der Waals surface area contributed by atoms with E-state index in [1.165, 1.54) is 50.5 Å². The van der Waals surface area contributed by atoms with Crippen LogP contribution < -0.4 is 10.1 Å². The molecule has 1 aliphatic rings. The summed E-state index contributed by atoms with van der Waals surface area (Å²) < 4.78 is 5.95. The fourth-order valence-corrected chi connectivity index (χ4v) is 2.63. The second-order valence-corrected chi connectivity index (χ2v) is 6.46. The molecule has 1 aromatic carbocycles. The maximum absolute atomic E-state index is 6.10. The second kappa shape index (κ2) is 9.32. The third-order valence-electron chi connectivity index (χ3n) is 3.94. The lowest BCUT2D eigenvalue weighted by molar-refractivity contribution is 0.300. The summed E-state index contributed by atoms with van der Waals surface area (Å²) >= 11 is 6.10. The molecule has 2 rings (SSSR count). The van der Waals surface area contributed by atoms with Crippen molar-refractivity contribution in [3.8, 4) is 5.75 Å². The fraction of sp³-hybridized carbons (Fsp3) is 0.667. The first-order valence-corrected chi connectivity index (χ1v) is 8.82. The van der Waals surface area contributed by atoms with E-state index in [1.54, 1.807) is 0 Å². The van der Waals surface area contributed by atoms with Gasteiger partial charge < -0.3 is 10.1 Å². The largest absolute Gasteiger partial charge is 0.493 e. The molecular formula is C18H28ClNO. The van der Waals surface area contributed by atoms with Crippen molar-refractivity contribution < 1.29 is 4.74 Å². The molecule has 0 heterocycles. The SMILES string of the molecule is CCCCCCCCOc1ccc(Cl)cc1CNC1CC1. The minimum Gasteiger partial charge on any atom is -0.493 e. The van der Waals surface area contributed by atoms with E-state index < -0.39 is 0 Å². The topological polar surface area (TPSA) is 21.3 Å². The van der Waals surface area contributed by atoms with Gasteiger partial charge in [0.05, 0.1) is 6.61 Å². The van der Waals surface area contributed by atoms with E-state index in [9.17, 15) is 0 Å². The maximum atomic E-state index is 6.10. The lowest BCUT2D eigenvalue weighted by Gasteiger charge is -2.12. The van der Waals surface area contributed by atoms with E-state index >= 15 is 0 Å². The molecule has 1 aromatic rings. The summed E-state index contributed by atoms with van der Waals surface area (Å²) in [5, 5.41) is 4.31. The zero-order chi connectivity index (χ0) is 14.9. The van der Waals surface area contributed by atoms with Gasteiger partial charge in [-0.05, 0) is 37.5 Å². The van der Waals surface area contributed by atoms with Crippen LogP contribution in [-0.4, -0.2) is 12.6 Å². The Morgan fingerprint density at radius 2 is 1.90 bits per heavy atom. The molecule has 118 valence electrons. The van der Waals surface area contributed by atoms with E-state index in [4.69, 9.17) is 16.3 Å². The highest BCUT2D eigenvalue weighted by Gasteiger charge is 2.20. The van der Waals surface area contributed by atoms with Crippen molar-refractivity contribution >= 4 is 11.6 Å². The summed E-state index contributed by atoms with van der Waals surface area (Å²) in [5.74, 6) is 0.987. The average molecular weight is 310 g/mol. The molecule has 0 bridgehead atoms. The molecule has 0 aromatic heterocycles. The molecule has 0 unspecified atom stereocenters. The second-order valence-electron chi connectivity index (χ2n) is 6.02. The number of benzene rings is 1. The standard InChI is InChI=1S/C18H28ClNO/c1-2-3-4-5-6-7-12-21-18-11-8-16(19)13-15(18)14-20-17-9-10-17/h8,11,13,17,20H,2-7,9-10,12,14H2,1H3. The van der Waals surface area contributed by atoms with E-state index in [-0.39, 0.29) is 0 Å². The van der Waals surface area contributed by atoms with Gasteiger partial charge in [0.1, 0.15) is 5.75 Å². The van der Waals surface area contributed by atoms with Gasteiger partial charge in [0.2, 0.25) is 0 Å². The van der Waals surface area contributed by atoms with E-state index in [0.29, 0.717) is 6.04 Å². The van der Waals surface area contributed by atoms with Gasteiger partial charge in [0.15, 0.2) is 0 Å². The minimum atomic E-state index is 0.704. The number of halogens is 1. The van der Waals surface area contributed by atoms with Crippen LogP contribution in [0.2, 0.25) is 5.02 Å². The van der Waals surface area contributed by atoms with E-state index in [1.807, 2.05) is 18.2 Å². The number of unbranched alkanes of at least 4 members (excludes halogenated alkanes) is 5. The molecule has 3 heteroatoms. The number of hydrogen-bond donors (Lipinski definition) is 1. The molecule has 1 saturated carbocycles. The van der Waals surface area contributed by atoms with Crippen molar-refractivity contribution in [3.63, 3.8) is 0 Å². The smallest absolute Gasteiger partial charge is 0.123 e. The molecule has 0 saturated heterocycles. The normalized spacial score (nSPS) is 14.4. The fourth-order valence-electron chi connectivity index (χ4n) is 2.43. The Bertz CT molecular complexity index is 418. The van der Waals surface area contributed by atoms with Crippen LogP contribution >= 0.6 is 11.6 Å². The minimum absolute atomic E-state index is 0.704. The number of rotatable bonds is 11. The van der Waals surface area contributed by atoms with Crippen molar-refractivity contribution in [2.75, 3.05) is 6.61 Å². The zero-order valence-corrected chi connectivity index (χ0v) is 13.9. The predicted molar refractivity (Wildman–Crippen MR) is 90.2 cm³/mol. The lowest BCUT2D eigenvalue weighted by atomic mass is 10.1. The van der Waals surface area contributed by atoms with Crippen molar-refractivity contribution in [2.45, 2.75) is 70.9 Å². The summed E-state index contributed by atoms with van der Waals surface area (Å²) in [5.41, 5.74) is 1.18. The number of ether oxygens (including phenoxy) is 1. The zero-order valence-electron chi connectivity index (χ0n) is 13.2. The Hall–Kier alpha value is -0.730. The van der Waals surface area contributed by atoms with Gasteiger partial charge in [-0.1, -0.05) is 50.6 Å². The predicted octanol–water partition coefficient (Wildman–Crippen LogP) is 5.33. The van der Waals surface area contributed by atoms with Gasteiger partial charge in [0.25, 0.3) is 0 Å².